The van der Waals surface area contributed by atoms with Gasteiger partial charge in [0.2, 0.25) is 5.95 Å². The van der Waals surface area contributed by atoms with Crippen molar-refractivity contribution in [3.63, 3.8) is 0 Å². The van der Waals surface area contributed by atoms with Gasteiger partial charge in [0, 0.05) is 12.4 Å². The average molecular weight is 375 g/mol. The first kappa shape index (κ1) is 18.8. The molecule has 1 aromatic carbocycles. The van der Waals surface area contributed by atoms with Crippen molar-refractivity contribution in [1.82, 2.24) is 15.0 Å². The molecular weight excluding hydrogens is 356 g/mol. The van der Waals surface area contributed by atoms with Crippen LogP contribution >= 0.6 is 0 Å². The molecule has 1 aliphatic carbocycles. The molecule has 1 fully saturated rings. The number of carbonyl (C=O) groups is 2. The Morgan fingerprint density at radius 3 is 2.26 bits per heavy atom. The molecule has 3 N–H and O–H groups in total. The van der Waals surface area contributed by atoms with E-state index in [2.05, 4.69) is 27.4 Å². The van der Waals surface area contributed by atoms with Gasteiger partial charge in [0.15, 0.2) is 0 Å². The van der Waals surface area contributed by atoms with Crippen LogP contribution in [0.2, 0.25) is 0 Å². The van der Waals surface area contributed by atoms with Gasteiger partial charge in [-0.15, -0.1) is 0 Å². The smallest absolute Gasteiger partial charge is 0.317 e. The maximum Gasteiger partial charge on any atom is 0.317 e. The maximum atomic E-state index is 12.4. The summed E-state index contributed by atoms with van der Waals surface area (Å²) in [6, 6.07) is 8.19. The molecule has 1 aliphatic rings. The molecule has 1 heterocycles. The Kier molecular flexibility index (Phi) is 5.13. The van der Waals surface area contributed by atoms with E-state index in [1.807, 2.05) is 19.1 Å². The van der Waals surface area contributed by atoms with E-state index in [0.29, 0.717) is 5.95 Å². The Morgan fingerprint density at radius 2 is 1.78 bits per heavy atom. The first-order valence-electron chi connectivity index (χ1n) is 8.41. The molecule has 0 spiro atoms. The van der Waals surface area contributed by atoms with E-state index >= 15 is 0 Å². The topological polar surface area (TPSA) is 101 Å². The van der Waals surface area contributed by atoms with Crippen molar-refractivity contribution in [3.8, 4) is 0 Å². The Balaban J connectivity index is 1.74. The molecule has 142 valence electrons. The predicted molar refractivity (Wildman–Crippen MR) is 93.7 cm³/mol. The molecule has 0 saturated heterocycles. The quantitative estimate of drug-likeness (QED) is 0.473. The number of amides is 2. The second-order valence-corrected chi connectivity index (χ2v) is 6.54. The minimum atomic E-state index is -3.37. The van der Waals surface area contributed by atoms with Crippen LogP contribution in [0.25, 0.3) is 0 Å². The largest absolute Gasteiger partial charge is 0.345 e. The van der Waals surface area contributed by atoms with Crippen LogP contribution < -0.4 is 11.2 Å². The summed E-state index contributed by atoms with van der Waals surface area (Å²) in [6.45, 7) is 2.02. The third kappa shape index (κ3) is 3.77. The summed E-state index contributed by atoms with van der Waals surface area (Å²) in [6.07, 6.45) is 1.83. The summed E-state index contributed by atoms with van der Waals surface area (Å²) in [5.41, 5.74) is 1.86. The van der Waals surface area contributed by atoms with E-state index in [9.17, 15) is 18.4 Å². The van der Waals surface area contributed by atoms with Gasteiger partial charge in [-0.2, -0.15) is 8.78 Å². The summed E-state index contributed by atoms with van der Waals surface area (Å²) in [4.78, 5) is 31.2. The Hall–Kier alpha value is -2.94. The van der Waals surface area contributed by atoms with Crippen LogP contribution in [0.5, 0.6) is 0 Å². The molecule has 2 aromatic rings. The van der Waals surface area contributed by atoms with Crippen molar-refractivity contribution in [3.05, 3.63) is 53.3 Å². The number of nitrogens with zero attached hydrogens (tertiary/aromatic N) is 3. The summed E-state index contributed by atoms with van der Waals surface area (Å²) in [5, 5.41) is 3.17. The molecule has 7 nitrogen and oxygen atoms in total. The molecule has 0 aliphatic heterocycles. The minimum absolute atomic E-state index is 0.129. The molecule has 0 unspecified atom stereocenters. The third-order valence-electron chi connectivity index (χ3n) is 4.70. The van der Waals surface area contributed by atoms with Crippen LogP contribution in [0.15, 0.2) is 36.7 Å². The maximum absolute atomic E-state index is 12.4. The zero-order chi connectivity index (χ0) is 19.6. The summed E-state index contributed by atoms with van der Waals surface area (Å²) < 4.78 is 24.7. The number of halogens is 2. The van der Waals surface area contributed by atoms with Gasteiger partial charge in [-0.05, 0) is 31.7 Å². The van der Waals surface area contributed by atoms with Gasteiger partial charge in [-0.1, -0.05) is 29.8 Å². The highest BCUT2D eigenvalue weighted by Gasteiger charge is 2.39. The van der Waals surface area contributed by atoms with Gasteiger partial charge in [0.05, 0.1) is 11.1 Å². The van der Waals surface area contributed by atoms with Crippen LogP contribution in [0.4, 0.5) is 14.7 Å². The fraction of sp³-hybridized carbons (Fsp3) is 0.333. The molecule has 1 aromatic heterocycles. The van der Waals surface area contributed by atoms with E-state index < -0.39 is 18.2 Å². The number of anilines is 1. The zero-order valence-electron chi connectivity index (χ0n) is 14.7. The summed E-state index contributed by atoms with van der Waals surface area (Å²) in [7, 11) is 0. The fourth-order valence-electron chi connectivity index (χ4n) is 2.95. The lowest BCUT2D eigenvalue weighted by Gasteiger charge is -2.43. The van der Waals surface area contributed by atoms with Crippen molar-refractivity contribution in [1.29, 1.82) is 0 Å². The molecule has 2 amide bonds. The fourth-order valence-corrected chi connectivity index (χ4v) is 2.95. The van der Waals surface area contributed by atoms with Crippen molar-refractivity contribution >= 4 is 17.8 Å². The average Bonchev–Trinajstić information content (AvgIpc) is 2.64. The number of hydrogen-bond donors (Lipinski definition) is 2. The van der Waals surface area contributed by atoms with Crippen molar-refractivity contribution in [2.45, 2.75) is 38.2 Å². The minimum Gasteiger partial charge on any atom is -0.345 e. The zero-order valence-corrected chi connectivity index (χ0v) is 14.7. The van der Waals surface area contributed by atoms with E-state index in [0.717, 1.165) is 42.8 Å². The van der Waals surface area contributed by atoms with Crippen LogP contribution in [-0.4, -0.2) is 33.2 Å². The van der Waals surface area contributed by atoms with Gasteiger partial charge >= 0.3 is 12.3 Å². The monoisotopic (exact) mass is 375 g/mol. The molecule has 3 rings (SSSR count). The van der Waals surface area contributed by atoms with Crippen LogP contribution in [0, 0.1) is 6.92 Å². The number of benzene rings is 1. The predicted octanol–water partition coefficient (Wildman–Crippen LogP) is 2.38. The van der Waals surface area contributed by atoms with E-state index in [4.69, 9.17) is 5.84 Å². The number of imide groups is 1. The number of aromatic nitrogens is 2. The van der Waals surface area contributed by atoms with Gasteiger partial charge in [-0.3, -0.25) is 9.59 Å². The van der Waals surface area contributed by atoms with Crippen molar-refractivity contribution in [2.75, 3.05) is 5.32 Å². The van der Waals surface area contributed by atoms with Gasteiger partial charge in [-0.25, -0.2) is 20.8 Å². The number of nitrogens with two attached hydrogens (primary N) is 1. The molecular formula is C18H19F2N5O2. The van der Waals surface area contributed by atoms with Crippen LogP contribution in [0.3, 0.4) is 0 Å². The number of rotatable bonds is 5. The Labute approximate surface area is 154 Å². The lowest BCUT2D eigenvalue weighted by atomic mass is 9.72. The molecule has 0 atom stereocenters. The molecule has 0 bridgehead atoms. The Morgan fingerprint density at radius 1 is 1.19 bits per heavy atom. The SMILES string of the molecule is Cc1ccc(C2(Nc3ncc(C(=O)N(N)C(=O)C(F)F)cn3)CCC2)cc1. The van der Waals surface area contributed by atoms with Gasteiger partial charge < -0.3 is 5.32 Å². The lowest BCUT2D eigenvalue weighted by Crippen LogP contribution is -2.45. The van der Waals surface area contributed by atoms with Crippen molar-refractivity contribution in [2.24, 2.45) is 5.84 Å². The number of nitrogens with one attached hydrogen (secondary N) is 1. The third-order valence-corrected chi connectivity index (χ3v) is 4.70. The first-order chi connectivity index (χ1) is 12.8. The van der Waals surface area contributed by atoms with Gasteiger partial charge in [0.25, 0.3) is 5.91 Å². The highest BCUT2D eigenvalue weighted by atomic mass is 19.3. The molecule has 9 heteroatoms. The second kappa shape index (κ2) is 7.36. The number of carbonyl (C=O) groups excluding carboxylic acids is 2. The number of hydrogen-bond acceptors (Lipinski definition) is 6. The normalized spacial score (nSPS) is 15.1. The number of aryl methyl sites for hydroxylation is 1. The molecule has 27 heavy (non-hydrogen) atoms. The standard InChI is InChI=1S/C18H19F2N5O2/c1-11-3-5-13(6-4-11)18(7-2-8-18)24-17-22-9-12(10-23-17)15(26)25(21)16(27)14(19)20/h3-6,9-10,14H,2,7-8,21H2,1H3,(H,22,23,24). The highest BCUT2D eigenvalue weighted by Crippen LogP contribution is 2.43. The lowest BCUT2D eigenvalue weighted by molar-refractivity contribution is -0.140. The second-order valence-electron chi connectivity index (χ2n) is 6.54. The number of alkyl halides is 2. The van der Waals surface area contributed by atoms with Crippen LogP contribution in [0.1, 0.15) is 40.7 Å². The molecule has 1 saturated carbocycles. The summed E-state index contributed by atoms with van der Waals surface area (Å²) >= 11 is 0. The number of hydrazine groups is 1. The molecule has 0 radical (unpaired) electrons. The van der Waals surface area contributed by atoms with Crippen molar-refractivity contribution < 1.29 is 18.4 Å². The van der Waals surface area contributed by atoms with E-state index in [-0.39, 0.29) is 16.1 Å². The van der Waals surface area contributed by atoms with Crippen LogP contribution in [-0.2, 0) is 10.3 Å². The van der Waals surface area contributed by atoms with Gasteiger partial charge in [0.1, 0.15) is 0 Å². The summed E-state index contributed by atoms with van der Waals surface area (Å²) in [5.74, 6) is 2.56. The van der Waals surface area contributed by atoms with E-state index in [1.165, 1.54) is 0 Å². The highest BCUT2D eigenvalue weighted by molar-refractivity contribution is 6.04. The first-order valence-corrected chi connectivity index (χ1v) is 8.41. The Bertz CT molecular complexity index is 836. The van der Waals surface area contributed by atoms with E-state index in [1.54, 1.807) is 0 Å².